The number of hydrogen-bond acceptors (Lipinski definition) is 9. The van der Waals surface area contributed by atoms with E-state index in [9.17, 15) is 14.4 Å². The highest BCUT2D eigenvalue weighted by atomic mass is 35.5. The highest BCUT2D eigenvalue weighted by Crippen LogP contribution is 2.32. The first kappa shape index (κ1) is 36.0. The molecule has 3 heterocycles. The highest BCUT2D eigenvalue weighted by Gasteiger charge is 2.34. The molecule has 2 aliphatic heterocycles. The number of piperidine rings is 1. The second kappa shape index (κ2) is 17.9. The normalized spacial score (nSPS) is 18.3. The van der Waals surface area contributed by atoms with Crippen molar-refractivity contribution in [2.75, 3.05) is 32.8 Å². The minimum Gasteiger partial charge on any atom is -0.493 e. The summed E-state index contributed by atoms with van der Waals surface area (Å²) >= 11 is 7.75. The summed E-state index contributed by atoms with van der Waals surface area (Å²) in [5.74, 6) is 0.341. The quantitative estimate of drug-likeness (QED) is 0.124. The number of aromatic nitrogens is 1. The maximum absolute atomic E-state index is 14.2. The molecule has 0 spiro atoms. The summed E-state index contributed by atoms with van der Waals surface area (Å²) < 4.78 is 6.78. The van der Waals surface area contributed by atoms with Crippen molar-refractivity contribution < 1.29 is 19.1 Å². The number of para-hydroxylation sites is 1. The van der Waals surface area contributed by atoms with Gasteiger partial charge in [-0.1, -0.05) is 36.7 Å². The number of nitrogens with zero attached hydrogens (tertiary/aromatic N) is 1. The van der Waals surface area contributed by atoms with Crippen molar-refractivity contribution in [3.8, 4) is 5.75 Å². The monoisotopic (exact) mass is 697 g/mol. The summed E-state index contributed by atoms with van der Waals surface area (Å²) in [6, 6.07) is 11.6. The number of amides is 3. The van der Waals surface area contributed by atoms with Gasteiger partial charge in [0.15, 0.2) is 0 Å². The van der Waals surface area contributed by atoms with Gasteiger partial charge in [-0.15, -0.1) is 11.3 Å². The minimum atomic E-state index is -0.713. The molecule has 0 bridgehead atoms. The van der Waals surface area contributed by atoms with Crippen LogP contribution in [0.5, 0.6) is 5.75 Å². The molecule has 5 rings (SSSR count). The molecule has 2 aliphatic rings. The topological polar surface area (TPSA) is 160 Å². The fourth-order valence-corrected chi connectivity index (χ4v) is 7.78. The van der Waals surface area contributed by atoms with Crippen molar-refractivity contribution in [1.29, 1.82) is 0 Å². The van der Waals surface area contributed by atoms with Crippen LogP contribution in [0.2, 0.25) is 5.02 Å². The standard InChI is InChI=1S/C35H48ClN7O4S/c1-2-31(44)40-24(20-32-41-27-11-10-23(36)19-30(27)48-32)21-39-33(22-12-16-38-17-13-22)35(46)43-28(8-5-6-15-37)34(45)42-26-14-18-47-29-9-4-3-7-25(26)29/h3-4,7,9-11,19,22,24,26,28,33,38-39H,2,5-6,8,12-18,20-21,37H2,1H3,(H,40,44)(H,42,45)(H,43,46)/t24-,26+,28-,33-/m0/s1. The summed E-state index contributed by atoms with van der Waals surface area (Å²) in [6.07, 6.45) is 5.09. The molecule has 48 heavy (non-hydrogen) atoms. The van der Waals surface area contributed by atoms with E-state index < -0.39 is 12.1 Å². The summed E-state index contributed by atoms with van der Waals surface area (Å²) in [6.45, 7) is 4.83. The molecule has 0 radical (unpaired) electrons. The Balaban J connectivity index is 1.30. The van der Waals surface area contributed by atoms with E-state index in [-0.39, 0.29) is 35.7 Å². The molecule has 11 nitrogen and oxygen atoms in total. The van der Waals surface area contributed by atoms with Gasteiger partial charge in [0.2, 0.25) is 17.7 Å². The zero-order valence-electron chi connectivity index (χ0n) is 27.6. The molecular weight excluding hydrogens is 650 g/mol. The van der Waals surface area contributed by atoms with Gasteiger partial charge < -0.3 is 37.1 Å². The van der Waals surface area contributed by atoms with E-state index in [1.54, 1.807) is 11.3 Å². The average molecular weight is 698 g/mol. The van der Waals surface area contributed by atoms with Crippen LogP contribution in [-0.2, 0) is 20.8 Å². The van der Waals surface area contributed by atoms with E-state index in [0.717, 1.165) is 58.9 Å². The molecule has 1 saturated heterocycles. The van der Waals surface area contributed by atoms with Crippen LogP contribution in [0.25, 0.3) is 10.2 Å². The van der Waals surface area contributed by atoms with Crippen molar-refractivity contribution in [2.24, 2.45) is 11.7 Å². The Bertz CT molecular complexity index is 1530. The van der Waals surface area contributed by atoms with Crippen molar-refractivity contribution in [2.45, 2.75) is 82.5 Å². The number of fused-ring (bicyclic) bond motifs is 2. The molecule has 0 saturated carbocycles. The van der Waals surface area contributed by atoms with Crippen molar-refractivity contribution in [1.82, 2.24) is 31.6 Å². The number of ether oxygens (including phenoxy) is 1. The van der Waals surface area contributed by atoms with Crippen LogP contribution in [0.1, 0.15) is 68.5 Å². The Kier molecular flexibility index (Phi) is 13.4. The SMILES string of the molecule is CCC(=O)N[C@H](CN[C@H](C(=O)N[C@@H](CCCCN)C(=O)N[C@@H]1CCOc2ccccc21)C1CCNCC1)Cc1nc2ccc(Cl)cc2s1. The molecule has 0 aliphatic carbocycles. The van der Waals surface area contributed by atoms with Crippen molar-refractivity contribution in [3.63, 3.8) is 0 Å². The molecule has 260 valence electrons. The van der Waals surface area contributed by atoms with E-state index in [4.69, 9.17) is 27.1 Å². The summed E-state index contributed by atoms with van der Waals surface area (Å²) in [7, 11) is 0. The molecule has 13 heteroatoms. The summed E-state index contributed by atoms with van der Waals surface area (Å²) in [5.41, 5.74) is 7.58. The van der Waals surface area contributed by atoms with Crippen LogP contribution in [0.3, 0.4) is 0 Å². The number of hydrogen-bond donors (Lipinski definition) is 6. The second-order valence-electron chi connectivity index (χ2n) is 12.6. The van der Waals surface area contributed by atoms with E-state index >= 15 is 0 Å². The molecule has 3 amide bonds. The first-order valence-corrected chi connectivity index (χ1v) is 18.3. The summed E-state index contributed by atoms with van der Waals surface area (Å²) in [5, 5.41) is 17.9. The number of halogens is 1. The molecule has 0 unspecified atom stereocenters. The lowest BCUT2D eigenvalue weighted by atomic mass is 9.89. The van der Waals surface area contributed by atoms with Crippen LogP contribution in [0.15, 0.2) is 42.5 Å². The molecule has 2 aromatic carbocycles. The van der Waals surface area contributed by atoms with E-state index in [2.05, 4.69) is 26.6 Å². The number of unbranched alkanes of at least 4 members (excludes halogenated alkanes) is 1. The number of carbonyl (C=O) groups is 3. The number of benzene rings is 2. The Labute approximate surface area is 291 Å². The van der Waals surface area contributed by atoms with Gasteiger partial charge in [-0.2, -0.15) is 0 Å². The van der Waals surface area contributed by atoms with Crippen molar-refractivity contribution in [3.05, 3.63) is 58.1 Å². The fraction of sp³-hybridized carbons (Fsp3) is 0.543. The Hall–Kier alpha value is -3.29. The van der Waals surface area contributed by atoms with Gasteiger partial charge in [0.05, 0.1) is 33.9 Å². The van der Waals surface area contributed by atoms with E-state index in [0.29, 0.717) is 56.8 Å². The molecule has 1 aromatic heterocycles. The predicted molar refractivity (Wildman–Crippen MR) is 190 cm³/mol. The predicted octanol–water partition coefficient (Wildman–Crippen LogP) is 3.60. The zero-order chi connectivity index (χ0) is 33.9. The Morgan fingerprint density at radius 2 is 1.90 bits per heavy atom. The first-order valence-electron chi connectivity index (χ1n) is 17.2. The number of nitrogens with two attached hydrogens (primary N) is 1. The second-order valence-corrected chi connectivity index (χ2v) is 14.1. The number of rotatable bonds is 16. The Morgan fingerprint density at radius 3 is 2.69 bits per heavy atom. The molecule has 4 atom stereocenters. The third-order valence-electron chi connectivity index (χ3n) is 9.08. The van der Waals surface area contributed by atoms with Gasteiger partial charge in [-0.25, -0.2) is 4.98 Å². The first-order chi connectivity index (χ1) is 23.3. The van der Waals surface area contributed by atoms with Gasteiger partial charge in [-0.05, 0) is 81.9 Å². The smallest absolute Gasteiger partial charge is 0.243 e. The summed E-state index contributed by atoms with van der Waals surface area (Å²) in [4.78, 5) is 45.3. The van der Waals surface area contributed by atoms with Crippen LogP contribution in [0, 0.1) is 5.92 Å². The number of thiazole rings is 1. The Morgan fingerprint density at radius 1 is 1.08 bits per heavy atom. The van der Waals surface area contributed by atoms with Gasteiger partial charge in [-0.3, -0.25) is 14.4 Å². The number of nitrogens with one attached hydrogen (secondary N) is 5. The molecule has 1 fully saturated rings. The van der Waals surface area contributed by atoms with Gasteiger partial charge in [0.25, 0.3) is 0 Å². The maximum Gasteiger partial charge on any atom is 0.243 e. The molecule has 7 N–H and O–H groups in total. The van der Waals surface area contributed by atoms with Crippen LogP contribution in [-0.4, -0.2) is 73.6 Å². The third-order valence-corrected chi connectivity index (χ3v) is 10.4. The lowest BCUT2D eigenvalue weighted by Crippen LogP contribution is -2.58. The lowest BCUT2D eigenvalue weighted by Gasteiger charge is -2.33. The van der Waals surface area contributed by atoms with Gasteiger partial charge >= 0.3 is 0 Å². The average Bonchev–Trinajstić information content (AvgIpc) is 3.49. The number of carbonyl (C=O) groups excluding carboxylic acids is 3. The minimum absolute atomic E-state index is 0.0634. The highest BCUT2D eigenvalue weighted by molar-refractivity contribution is 7.18. The van der Waals surface area contributed by atoms with Crippen molar-refractivity contribution >= 4 is 50.9 Å². The molecule has 3 aromatic rings. The van der Waals surface area contributed by atoms with E-state index in [1.807, 2.05) is 49.4 Å². The zero-order valence-corrected chi connectivity index (χ0v) is 29.1. The van der Waals surface area contributed by atoms with Crippen LogP contribution >= 0.6 is 22.9 Å². The fourth-order valence-electron chi connectivity index (χ4n) is 6.46. The van der Waals surface area contributed by atoms with Gasteiger partial charge in [0.1, 0.15) is 11.8 Å². The van der Waals surface area contributed by atoms with Gasteiger partial charge in [0, 0.05) is 42.4 Å². The molecular formula is C35H48ClN7O4S. The lowest BCUT2D eigenvalue weighted by molar-refractivity contribution is -0.131. The van der Waals surface area contributed by atoms with Crippen LogP contribution in [0.4, 0.5) is 0 Å². The largest absolute Gasteiger partial charge is 0.493 e. The third kappa shape index (κ3) is 9.88. The van der Waals surface area contributed by atoms with E-state index in [1.165, 1.54) is 0 Å². The maximum atomic E-state index is 14.2. The van der Waals surface area contributed by atoms with Crippen LogP contribution < -0.4 is 37.1 Å².